The maximum Gasteiger partial charge on any atom is 0.247 e. The van der Waals surface area contributed by atoms with Crippen molar-refractivity contribution in [3.05, 3.63) is 35.8 Å². The topological polar surface area (TPSA) is 67.4 Å². The molecule has 2 aromatic heterocycles. The Morgan fingerprint density at radius 3 is 2.90 bits per heavy atom. The molecule has 1 atom stereocenters. The second kappa shape index (κ2) is 5.33. The molecule has 1 aliphatic heterocycles. The van der Waals surface area contributed by atoms with Gasteiger partial charge in [-0.3, -0.25) is 9.69 Å². The van der Waals surface area contributed by atoms with E-state index in [2.05, 4.69) is 15.1 Å². The third-order valence-corrected chi connectivity index (χ3v) is 3.83. The van der Waals surface area contributed by atoms with Gasteiger partial charge in [0.15, 0.2) is 11.9 Å². The molecule has 0 saturated heterocycles. The molecular formula is C14H19N5O2. The minimum atomic E-state index is -0.398. The number of amides is 1. The first-order chi connectivity index (χ1) is 10.1. The van der Waals surface area contributed by atoms with Crippen LogP contribution in [0.5, 0.6) is 0 Å². The fraction of sp³-hybridized carbons (Fsp3) is 0.500. The van der Waals surface area contributed by atoms with Gasteiger partial charge in [0, 0.05) is 39.3 Å². The number of hydrogen-bond acceptors (Lipinski definition) is 5. The molecule has 7 nitrogen and oxygen atoms in total. The lowest BCUT2D eigenvalue weighted by molar-refractivity contribution is -0.136. The monoisotopic (exact) mass is 289 g/mol. The van der Waals surface area contributed by atoms with Crippen LogP contribution in [0.25, 0.3) is 0 Å². The molecular weight excluding hydrogens is 270 g/mol. The third kappa shape index (κ3) is 2.44. The highest BCUT2D eigenvalue weighted by atomic mass is 16.3. The summed E-state index contributed by atoms with van der Waals surface area (Å²) in [6.45, 7) is 4.15. The molecule has 0 aliphatic carbocycles. The molecule has 112 valence electrons. The molecule has 21 heavy (non-hydrogen) atoms. The fourth-order valence-corrected chi connectivity index (χ4v) is 2.70. The zero-order chi connectivity index (χ0) is 15.0. The van der Waals surface area contributed by atoms with Gasteiger partial charge in [-0.15, -0.1) is 10.2 Å². The number of nitrogens with zero attached hydrogens (tertiary/aromatic N) is 5. The van der Waals surface area contributed by atoms with Gasteiger partial charge in [-0.25, -0.2) is 0 Å². The first-order valence-electron chi connectivity index (χ1n) is 6.94. The quantitative estimate of drug-likeness (QED) is 0.837. The summed E-state index contributed by atoms with van der Waals surface area (Å²) < 4.78 is 7.14. The van der Waals surface area contributed by atoms with Crippen LogP contribution in [0.2, 0.25) is 0 Å². The molecule has 1 amide bonds. The van der Waals surface area contributed by atoms with Crippen molar-refractivity contribution in [2.24, 2.45) is 0 Å². The van der Waals surface area contributed by atoms with Crippen molar-refractivity contribution in [3.8, 4) is 0 Å². The van der Waals surface area contributed by atoms with Crippen LogP contribution in [0.3, 0.4) is 0 Å². The van der Waals surface area contributed by atoms with Crippen molar-refractivity contribution in [1.82, 2.24) is 24.6 Å². The smallest absolute Gasteiger partial charge is 0.247 e. The average molecular weight is 289 g/mol. The van der Waals surface area contributed by atoms with Crippen LogP contribution < -0.4 is 0 Å². The molecule has 3 heterocycles. The van der Waals surface area contributed by atoms with Gasteiger partial charge < -0.3 is 13.9 Å². The first kappa shape index (κ1) is 13.8. The van der Waals surface area contributed by atoms with Crippen LogP contribution in [0.4, 0.5) is 0 Å². The van der Waals surface area contributed by atoms with Crippen LogP contribution in [0.1, 0.15) is 23.3 Å². The lowest BCUT2D eigenvalue weighted by Crippen LogP contribution is -2.45. The minimum Gasteiger partial charge on any atom is -0.472 e. The molecule has 0 radical (unpaired) electrons. The normalized spacial score (nSPS) is 18.5. The van der Waals surface area contributed by atoms with E-state index in [9.17, 15) is 4.79 Å². The zero-order valence-electron chi connectivity index (χ0n) is 12.5. The lowest BCUT2D eigenvalue weighted by atomic mass is 10.1. The minimum absolute atomic E-state index is 0.0202. The molecule has 1 unspecified atom stereocenters. The molecule has 0 spiro atoms. The van der Waals surface area contributed by atoms with Gasteiger partial charge in [0.1, 0.15) is 5.82 Å². The largest absolute Gasteiger partial charge is 0.472 e. The molecule has 1 aliphatic rings. The second-order valence-corrected chi connectivity index (χ2v) is 5.49. The SMILES string of the molecule is Cc1nnc2n1CCN(Cc1ccoc1)C2C(=O)N(C)C. The van der Waals surface area contributed by atoms with E-state index >= 15 is 0 Å². The number of fused-ring (bicyclic) bond motifs is 1. The van der Waals surface area contributed by atoms with E-state index < -0.39 is 6.04 Å². The van der Waals surface area contributed by atoms with E-state index in [1.54, 1.807) is 31.5 Å². The summed E-state index contributed by atoms with van der Waals surface area (Å²) in [7, 11) is 3.53. The summed E-state index contributed by atoms with van der Waals surface area (Å²) in [5.41, 5.74) is 1.05. The number of aromatic nitrogens is 3. The summed E-state index contributed by atoms with van der Waals surface area (Å²) in [6, 6.07) is 1.52. The molecule has 7 heteroatoms. The van der Waals surface area contributed by atoms with E-state index in [0.29, 0.717) is 6.54 Å². The predicted octanol–water partition coefficient (Wildman–Crippen LogP) is 0.825. The van der Waals surface area contributed by atoms with E-state index in [1.807, 2.05) is 17.6 Å². The zero-order valence-corrected chi connectivity index (χ0v) is 12.5. The third-order valence-electron chi connectivity index (χ3n) is 3.83. The molecule has 3 rings (SSSR count). The molecule has 2 aromatic rings. The Morgan fingerprint density at radius 1 is 1.43 bits per heavy atom. The number of carbonyl (C=O) groups is 1. The van der Waals surface area contributed by atoms with Crippen LogP contribution in [0.15, 0.2) is 23.0 Å². The summed E-state index contributed by atoms with van der Waals surface area (Å²) in [5.74, 6) is 1.59. The van der Waals surface area contributed by atoms with E-state index in [1.165, 1.54) is 0 Å². The van der Waals surface area contributed by atoms with Crippen LogP contribution in [-0.4, -0.2) is 51.1 Å². The Kier molecular flexibility index (Phi) is 3.50. The van der Waals surface area contributed by atoms with Crippen molar-refractivity contribution in [2.75, 3.05) is 20.6 Å². The average Bonchev–Trinajstić information content (AvgIpc) is 3.08. The molecule has 0 N–H and O–H groups in total. The molecule has 0 bridgehead atoms. The Morgan fingerprint density at radius 2 is 2.24 bits per heavy atom. The highest BCUT2D eigenvalue weighted by Crippen LogP contribution is 2.27. The molecule has 0 fully saturated rings. The van der Waals surface area contributed by atoms with Crippen molar-refractivity contribution < 1.29 is 9.21 Å². The number of aryl methyl sites for hydroxylation is 1. The van der Waals surface area contributed by atoms with E-state index in [0.717, 1.165) is 30.3 Å². The Bertz CT molecular complexity index is 632. The van der Waals surface area contributed by atoms with Gasteiger partial charge in [-0.2, -0.15) is 0 Å². The number of likely N-dealkylation sites (N-methyl/N-ethyl adjacent to an activating group) is 1. The summed E-state index contributed by atoms with van der Waals surface area (Å²) in [6.07, 6.45) is 3.36. The standard InChI is InChI=1S/C14H19N5O2/c1-10-15-16-13-12(14(20)17(2)3)18(5-6-19(10)13)8-11-4-7-21-9-11/h4,7,9,12H,5-6,8H2,1-3H3. The summed E-state index contributed by atoms with van der Waals surface area (Å²) in [5, 5.41) is 8.34. The van der Waals surface area contributed by atoms with E-state index in [-0.39, 0.29) is 5.91 Å². The maximum absolute atomic E-state index is 12.6. The van der Waals surface area contributed by atoms with Crippen LogP contribution in [0, 0.1) is 6.92 Å². The van der Waals surface area contributed by atoms with Crippen LogP contribution >= 0.6 is 0 Å². The van der Waals surface area contributed by atoms with Crippen molar-refractivity contribution >= 4 is 5.91 Å². The second-order valence-electron chi connectivity index (χ2n) is 5.49. The first-order valence-corrected chi connectivity index (χ1v) is 6.94. The van der Waals surface area contributed by atoms with Crippen molar-refractivity contribution in [3.63, 3.8) is 0 Å². The van der Waals surface area contributed by atoms with Gasteiger partial charge in [0.25, 0.3) is 0 Å². The Balaban J connectivity index is 1.94. The van der Waals surface area contributed by atoms with Gasteiger partial charge in [0.05, 0.1) is 12.5 Å². The number of rotatable bonds is 3. The van der Waals surface area contributed by atoms with Gasteiger partial charge >= 0.3 is 0 Å². The van der Waals surface area contributed by atoms with Crippen molar-refractivity contribution in [2.45, 2.75) is 26.1 Å². The predicted molar refractivity (Wildman–Crippen MR) is 75.3 cm³/mol. The van der Waals surface area contributed by atoms with E-state index in [4.69, 9.17) is 4.42 Å². The van der Waals surface area contributed by atoms with Gasteiger partial charge in [-0.1, -0.05) is 0 Å². The van der Waals surface area contributed by atoms with Gasteiger partial charge in [-0.05, 0) is 13.0 Å². The molecule has 0 aromatic carbocycles. The Hall–Kier alpha value is -2.15. The summed E-state index contributed by atoms with van der Waals surface area (Å²) in [4.78, 5) is 16.3. The Labute approximate surface area is 123 Å². The van der Waals surface area contributed by atoms with Crippen molar-refractivity contribution in [1.29, 1.82) is 0 Å². The number of furan rings is 1. The van der Waals surface area contributed by atoms with Gasteiger partial charge in [0.2, 0.25) is 5.91 Å². The number of carbonyl (C=O) groups excluding carboxylic acids is 1. The lowest BCUT2D eigenvalue weighted by Gasteiger charge is -2.35. The van der Waals surface area contributed by atoms with Crippen LogP contribution in [-0.2, 0) is 17.9 Å². The highest BCUT2D eigenvalue weighted by Gasteiger charge is 2.37. The molecule has 0 saturated carbocycles. The maximum atomic E-state index is 12.6. The fourth-order valence-electron chi connectivity index (χ4n) is 2.70. The number of hydrogen-bond donors (Lipinski definition) is 0. The highest BCUT2D eigenvalue weighted by molar-refractivity contribution is 5.82. The summed E-state index contributed by atoms with van der Waals surface area (Å²) >= 11 is 0.